The van der Waals surface area contributed by atoms with Gasteiger partial charge in [0.2, 0.25) is 0 Å². The fourth-order valence-corrected chi connectivity index (χ4v) is 5.88. The van der Waals surface area contributed by atoms with Gasteiger partial charge in [0.05, 0.1) is 17.3 Å². The quantitative estimate of drug-likeness (QED) is 0.455. The highest BCUT2D eigenvalue weighted by molar-refractivity contribution is 7.92. The fourth-order valence-electron chi connectivity index (χ4n) is 4.27. The standard InChI is InChI=1S/C25H30ClN3O4S/c1-5-32-24-10-8-20(29-14-16(2)27-17(3)15-29)13-22(24)28-34(30,31)25-11-7-19(12-21(25)26)23-9-6-18(4)33-23/h6-13,16-17,27-28H,5,14-15H2,1-4H3. The molecule has 0 radical (unpaired) electrons. The Kier molecular flexibility index (Phi) is 7.12. The van der Waals surface area contributed by atoms with Crippen molar-refractivity contribution in [3.05, 3.63) is 59.3 Å². The molecule has 34 heavy (non-hydrogen) atoms. The van der Waals surface area contributed by atoms with Gasteiger partial charge >= 0.3 is 0 Å². The highest BCUT2D eigenvalue weighted by Gasteiger charge is 2.24. The van der Waals surface area contributed by atoms with Crippen LogP contribution in [0.1, 0.15) is 26.5 Å². The first kappa shape index (κ1) is 24.4. The van der Waals surface area contributed by atoms with Crippen LogP contribution < -0.4 is 19.7 Å². The lowest BCUT2D eigenvalue weighted by molar-refractivity contribution is 0.342. The normalized spacial score (nSPS) is 18.7. The predicted molar refractivity (Wildman–Crippen MR) is 137 cm³/mol. The number of furan rings is 1. The third-order valence-electron chi connectivity index (χ3n) is 5.68. The van der Waals surface area contributed by atoms with Crippen LogP contribution in [0.3, 0.4) is 0 Å². The van der Waals surface area contributed by atoms with E-state index in [1.54, 1.807) is 18.2 Å². The Balaban J connectivity index is 1.65. The molecule has 1 aliphatic rings. The van der Waals surface area contributed by atoms with Gasteiger partial charge in [-0.1, -0.05) is 11.6 Å². The van der Waals surface area contributed by atoms with Crippen molar-refractivity contribution in [2.45, 2.75) is 44.7 Å². The third-order valence-corrected chi connectivity index (χ3v) is 7.52. The van der Waals surface area contributed by atoms with E-state index >= 15 is 0 Å². The Bertz CT molecular complexity index is 1260. The second-order valence-electron chi connectivity index (χ2n) is 8.65. The van der Waals surface area contributed by atoms with Crippen molar-refractivity contribution in [2.24, 2.45) is 0 Å². The molecule has 2 aromatic carbocycles. The summed E-state index contributed by atoms with van der Waals surface area (Å²) in [5, 5.41) is 3.62. The number of benzene rings is 2. The molecule has 0 amide bonds. The molecule has 1 fully saturated rings. The van der Waals surface area contributed by atoms with Crippen LogP contribution in [0.25, 0.3) is 11.3 Å². The fraction of sp³-hybridized carbons (Fsp3) is 0.360. The van der Waals surface area contributed by atoms with E-state index in [-0.39, 0.29) is 9.92 Å². The largest absolute Gasteiger partial charge is 0.492 e. The monoisotopic (exact) mass is 503 g/mol. The van der Waals surface area contributed by atoms with Crippen molar-refractivity contribution in [3.8, 4) is 17.1 Å². The summed E-state index contributed by atoms with van der Waals surface area (Å²) < 4.78 is 40.7. The van der Waals surface area contributed by atoms with Gasteiger partial charge < -0.3 is 19.4 Å². The molecule has 1 aliphatic heterocycles. The van der Waals surface area contributed by atoms with Crippen LogP contribution in [0.2, 0.25) is 5.02 Å². The van der Waals surface area contributed by atoms with Crippen LogP contribution in [0.15, 0.2) is 57.8 Å². The van der Waals surface area contributed by atoms with Gasteiger partial charge in [-0.05, 0) is 76.2 Å². The maximum atomic E-state index is 13.3. The van der Waals surface area contributed by atoms with Crippen molar-refractivity contribution in [2.75, 3.05) is 29.3 Å². The molecular weight excluding hydrogens is 474 g/mol. The minimum atomic E-state index is -3.97. The van der Waals surface area contributed by atoms with E-state index in [1.165, 1.54) is 6.07 Å². The summed E-state index contributed by atoms with van der Waals surface area (Å²) in [6, 6.07) is 14.7. The van der Waals surface area contributed by atoms with Gasteiger partial charge in [-0.3, -0.25) is 4.72 Å². The van der Waals surface area contributed by atoms with Crippen molar-refractivity contribution in [1.29, 1.82) is 0 Å². The van der Waals surface area contributed by atoms with Crippen LogP contribution in [-0.2, 0) is 10.0 Å². The van der Waals surface area contributed by atoms with Crippen molar-refractivity contribution in [1.82, 2.24) is 5.32 Å². The molecule has 4 rings (SSSR count). The maximum Gasteiger partial charge on any atom is 0.263 e. The van der Waals surface area contributed by atoms with Gasteiger partial charge in [-0.2, -0.15) is 0 Å². The molecule has 1 saturated heterocycles. The molecule has 2 unspecified atom stereocenters. The molecule has 1 aromatic heterocycles. The summed E-state index contributed by atoms with van der Waals surface area (Å²) in [5.74, 6) is 1.85. The number of anilines is 2. The number of hydrogen-bond acceptors (Lipinski definition) is 6. The lowest BCUT2D eigenvalue weighted by Crippen LogP contribution is -2.54. The molecule has 182 valence electrons. The Morgan fingerprint density at radius 3 is 2.47 bits per heavy atom. The molecule has 2 N–H and O–H groups in total. The van der Waals surface area contributed by atoms with Gasteiger partial charge in [0.1, 0.15) is 22.2 Å². The van der Waals surface area contributed by atoms with Crippen LogP contribution in [0.4, 0.5) is 11.4 Å². The molecule has 9 heteroatoms. The average molecular weight is 504 g/mol. The second-order valence-corrected chi connectivity index (χ2v) is 10.7. The summed E-state index contributed by atoms with van der Waals surface area (Å²) in [7, 11) is -3.97. The first-order chi connectivity index (χ1) is 16.2. The van der Waals surface area contributed by atoms with Gasteiger partial charge in [0.25, 0.3) is 10.0 Å². The number of halogens is 1. The van der Waals surface area contributed by atoms with Crippen LogP contribution in [0.5, 0.6) is 5.75 Å². The molecule has 0 saturated carbocycles. The zero-order valence-electron chi connectivity index (χ0n) is 19.8. The van der Waals surface area contributed by atoms with E-state index in [0.717, 1.165) is 24.5 Å². The van der Waals surface area contributed by atoms with E-state index in [0.29, 0.717) is 41.5 Å². The summed E-state index contributed by atoms with van der Waals surface area (Å²) in [4.78, 5) is 2.23. The number of sulfonamides is 1. The maximum absolute atomic E-state index is 13.3. The predicted octanol–water partition coefficient (Wildman–Crippen LogP) is 5.29. The van der Waals surface area contributed by atoms with Crippen molar-refractivity contribution < 1.29 is 17.6 Å². The smallest absolute Gasteiger partial charge is 0.263 e. The van der Waals surface area contributed by atoms with Crippen LogP contribution >= 0.6 is 11.6 Å². The van der Waals surface area contributed by atoms with Gasteiger partial charge in [-0.25, -0.2) is 8.42 Å². The number of nitrogens with one attached hydrogen (secondary N) is 2. The lowest BCUT2D eigenvalue weighted by atomic mass is 10.1. The molecule has 3 aromatic rings. The molecule has 7 nitrogen and oxygen atoms in total. The number of ether oxygens (including phenoxy) is 1. The third kappa shape index (κ3) is 5.35. The first-order valence-electron chi connectivity index (χ1n) is 11.3. The van der Waals surface area contributed by atoms with E-state index in [2.05, 4.69) is 28.8 Å². The zero-order valence-corrected chi connectivity index (χ0v) is 21.3. The molecule has 2 heterocycles. The molecule has 0 spiro atoms. The second kappa shape index (κ2) is 9.90. The first-order valence-corrected chi connectivity index (χ1v) is 13.2. The van der Waals surface area contributed by atoms with E-state index in [4.69, 9.17) is 20.8 Å². The Morgan fingerprint density at radius 2 is 1.85 bits per heavy atom. The van der Waals surface area contributed by atoms with Gasteiger partial charge in [-0.15, -0.1) is 0 Å². The number of rotatable bonds is 7. The highest BCUT2D eigenvalue weighted by atomic mass is 35.5. The van der Waals surface area contributed by atoms with Crippen molar-refractivity contribution >= 4 is 33.0 Å². The van der Waals surface area contributed by atoms with Gasteiger partial charge in [0.15, 0.2) is 0 Å². The topological polar surface area (TPSA) is 83.8 Å². The number of piperazine rings is 1. The van der Waals surface area contributed by atoms with Gasteiger partial charge in [0, 0.05) is 36.4 Å². The number of aryl methyl sites for hydroxylation is 1. The highest BCUT2D eigenvalue weighted by Crippen LogP contribution is 2.35. The molecular formula is C25H30ClN3O4S. The minimum Gasteiger partial charge on any atom is -0.492 e. The Morgan fingerprint density at radius 1 is 1.12 bits per heavy atom. The Hall–Kier alpha value is -2.68. The average Bonchev–Trinajstić information content (AvgIpc) is 3.20. The van der Waals surface area contributed by atoms with Crippen molar-refractivity contribution in [3.63, 3.8) is 0 Å². The summed E-state index contributed by atoms with van der Waals surface area (Å²) in [6.07, 6.45) is 0. The lowest BCUT2D eigenvalue weighted by Gasteiger charge is -2.38. The van der Waals surface area contributed by atoms with Crippen LogP contribution in [0, 0.1) is 6.92 Å². The van der Waals surface area contributed by atoms with E-state index < -0.39 is 10.0 Å². The van der Waals surface area contributed by atoms with E-state index in [9.17, 15) is 8.42 Å². The summed E-state index contributed by atoms with van der Waals surface area (Å²) in [5.41, 5.74) is 2.01. The summed E-state index contributed by atoms with van der Waals surface area (Å²) >= 11 is 6.42. The summed E-state index contributed by atoms with van der Waals surface area (Å²) in [6.45, 7) is 10.0. The van der Waals surface area contributed by atoms with Crippen LogP contribution in [-0.4, -0.2) is 40.2 Å². The zero-order chi connectivity index (χ0) is 24.5. The molecule has 0 bridgehead atoms. The minimum absolute atomic E-state index is 0.0153. The van der Waals surface area contributed by atoms with E-state index in [1.807, 2.05) is 38.1 Å². The molecule has 2 atom stereocenters. The Labute approximate surface area is 206 Å². The SMILES string of the molecule is CCOc1ccc(N2CC(C)NC(C)C2)cc1NS(=O)(=O)c1ccc(-c2ccc(C)o2)cc1Cl. The number of nitrogens with zero attached hydrogens (tertiary/aromatic N) is 1. The number of hydrogen-bond donors (Lipinski definition) is 2. The molecule has 0 aliphatic carbocycles.